The van der Waals surface area contributed by atoms with Crippen molar-refractivity contribution in [3.05, 3.63) is 46.8 Å². The summed E-state index contributed by atoms with van der Waals surface area (Å²) in [5.41, 5.74) is 1.45. The van der Waals surface area contributed by atoms with Crippen LogP contribution in [0.2, 0.25) is 0 Å². The molecular weight excluding hydrogens is 330 g/mol. The third kappa shape index (κ3) is 3.43. The summed E-state index contributed by atoms with van der Waals surface area (Å²) in [5.74, 6) is 0.507. The molecule has 3 aromatic rings. The maximum atomic E-state index is 12.5. The fourth-order valence-corrected chi connectivity index (χ4v) is 2.65. The standard InChI is InChI=1S/C19H23N5O2/c1-11(2)22-17-16-14(21-10-24(5)18(16)25)8-13(23-17)12-6-7-15(20-9-12)19(3,4)26/h6-11,26H,1-5H3,(H,22,23). The fourth-order valence-electron chi connectivity index (χ4n) is 2.65. The minimum atomic E-state index is -1.01. The summed E-state index contributed by atoms with van der Waals surface area (Å²) in [5, 5.41) is 13.8. The summed E-state index contributed by atoms with van der Waals surface area (Å²) >= 11 is 0. The van der Waals surface area contributed by atoms with Gasteiger partial charge in [0.05, 0.1) is 23.2 Å². The average Bonchev–Trinajstić information content (AvgIpc) is 2.56. The van der Waals surface area contributed by atoms with Crippen molar-refractivity contribution in [1.82, 2.24) is 19.5 Å². The number of hydrogen-bond acceptors (Lipinski definition) is 6. The molecule has 3 rings (SSSR count). The Hall–Kier alpha value is -2.80. The Morgan fingerprint density at radius 1 is 1.23 bits per heavy atom. The highest BCUT2D eigenvalue weighted by atomic mass is 16.3. The smallest absolute Gasteiger partial charge is 0.264 e. The van der Waals surface area contributed by atoms with E-state index in [1.54, 1.807) is 39.2 Å². The summed E-state index contributed by atoms with van der Waals surface area (Å²) in [7, 11) is 1.67. The van der Waals surface area contributed by atoms with E-state index in [-0.39, 0.29) is 11.6 Å². The molecule has 0 saturated heterocycles. The van der Waals surface area contributed by atoms with E-state index in [0.717, 1.165) is 5.56 Å². The summed E-state index contributed by atoms with van der Waals surface area (Å²) in [6, 6.07) is 5.52. The molecule has 136 valence electrons. The number of aryl methyl sites for hydroxylation is 1. The number of nitrogens with zero attached hydrogens (tertiary/aromatic N) is 4. The lowest BCUT2D eigenvalue weighted by Gasteiger charge is -2.17. The zero-order valence-electron chi connectivity index (χ0n) is 15.6. The molecule has 0 bridgehead atoms. The lowest BCUT2D eigenvalue weighted by molar-refractivity contribution is 0.0739. The molecule has 0 radical (unpaired) electrons. The predicted molar refractivity (Wildman–Crippen MR) is 102 cm³/mol. The molecule has 0 saturated carbocycles. The average molecular weight is 353 g/mol. The molecule has 0 aromatic carbocycles. The minimum absolute atomic E-state index is 0.113. The van der Waals surface area contributed by atoms with E-state index in [9.17, 15) is 9.90 Å². The number of anilines is 1. The third-order valence-electron chi connectivity index (χ3n) is 4.01. The van der Waals surface area contributed by atoms with Gasteiger partial charge in [-0.2, -0.15) is 0 Å². The fraction of sp³-hybridized carbons (Fsp3) is 0.368. The number of fused-ring (bicyclic) bond motifs is 1. The molecule has 3 aromatic heterocycles. The van der Waals surface area contributed by atoms with E-state index in [1.165, 1.54) is 10.9 Å². The van der Waals surface area contributed by atoms with Crippen molar-refractivity contribution >= 4 is 16.7 Å². The molecule has 0 aliphatic heterocycles. The van der Waals surface area contributed by atoms with Crippen molar-refractivity contribution in [2.24, 2.45) is 7.05 Å². The minimum Gasteiger partial charge on any atom is -0.384 e. The van der Waals surface area contributed by atoms with Gasteiger partial charge in [-0.05, 0) is 45.9 Å². The Morgan fingerprint density at radius 3 is 2.54 bits per heavy atom. The van der Waals surface area contributed by atoms with Crippen LogP contribution in [0.25, 0.3) is 22.2 Å². The monoisotopic (exact) mass is 353 g/mol. The van der Waals surface area contributed by atoms with Gasteiger partial charge >= 0.3 is 0 Å². The molecule has 0 amide bonds. The molecule has 3 heterocycles. The normalized spacial score (nSPS) is 12.0. The molecule has 0 aliphatic rings. The molecular formula is C19H23N5O2. The van der Waals surface area contributed by atoms with Crippen LogP contribution in [0, 0.1) is 0 Å². The van der Waals surface area contributed by atoms with Gasteiger partial charge in [0.2, 0.25) is 0 Å². The van der Waals surface area contributed by atoms with E-state index in [0.29, 0.717) is 28.1 Å². The number of nitrogens with one attached hydrogen (secondary N) is 1. The second-order valence-corrected chi connectivity index (χ2v) is 7.20. The zero-order chi connectivity index (χ0) is 19.1. The van der Waals surface area contributed by atoms with Gasteiger partial charge in [0.25, 0.3) is 5.56 Å². The largest absolute Gasteiger partial charge is 0.384 e. The Morgan fingerprint density at radius 2 is 1.96 bits per heavy atom. The van der Waals surface area contributed by atoms with Crippen molar-refractivity contribution < 1.29 is 5.11 Å². The van der Waals surface area contributed by atoms with Gasteiger partial charge < -0.3 is 15.0 Å². The van der Waals surface area contributed by atoms with E-state index in [1.807, 2.05) is 19.9 Å². The highest BCUT2D eigenvalue weighted by Crippen LogP contribution is 2.26. The molecule has 0 fully saturated rings. The second kappa shape index (κ2) is 6.49. The van der Waals surface area contributed by atoms with Gasteiger partial charge in [0, 0.05) is 24.8 Å². The summed E-state index contributed by atoms with van der Waals surface area (Å²) in [4.78, 5) is 25.9. The van der Waals surface area contributed by atoms with Crippen LogP contribution in [0.15, 0.2) is 35.5 Å². The van der Waals surface area contributed by atoms with Crippen LogP contribution in [-0.4, -0.2) is 30.7 Å². The topological polar surface area (TPSA) is 92.9 Å². The number of aromatic nitrogens is 4. The highest BCUT2D eigenvalue weighted by molar-refractivity contribution is 5.91. The highest BCUT2D eigenvalue weighted by Gasteiger charge is 2.18. The van der Waals surface area contributed by atoms with Gasteiger partial charge in [-0.25, -0.2) is 9.97 Å². The molecule has 26 heavy (non-hydrogen) atoms. The quantitative estimate of drug-likeness (QED) is 0.748. The van der Waals surface area contributed by atoms with Crippen molar-refractivity contribution in [2.45, 2.75) is 39.3 Å². The molecule has 7 nitrogen and oxygen atoms in total. The van der Waals surface area contributed by atoms with Crippen molar-refractivity contribution in [3.8, 4) is 11.3 Å². The maximum Gasteiger partial charge on any atom is 0.264 e. The van der Waals surface area contributed by atoms with Crippen LogP contribution in [0.5, 0.6) is 0 Å². The van der Waals surface area contributed by atoms with Crippen LogP contribution in [0.4, 0.5) is 5.82 Å². The first-order valence-corrected chi connectivity index (χ1v) is 8.49. The Kier molecular flexibility index (Phi) is 4.50. The summed E-state index contributed by atoms with van der Waals surface area (Å²) in [6.07, 6.45) is 3.17. The van der Waals surface area contributed by atoms with E-state index in [2.05, 4.69) is 20.3 Å². The van der Waals surface area contributed by atoms with Gasteiger partial charge in [0.15, 0.2) is 0 Å². The third-order valence-corrected chi connectivity index (χ3v) is 4.01. The zero-order valence-corrected chi connectivity index (χ0v) is 15.6. The van der Waals surface area contributed by atoms with Crippen molar-refractivity contribution in [1.29, 1.82) is 0 Å². The molecule has 2 N–H and O–H groups in total. The summed E-state index contributed by atoms with van der Waals surface area (Å²) in [6.45, 7) is 7.35. The molecule has 7 heteroatoms. The van der Waals surface area contributed by atoms with Gasteiger partial charge in [-0.3, -0.25) is 9.78 Å². The first-order valence-electron chi connectivity index (χ1n) is 8.49. The molecule has 0 unspecified atom stereocenters. The van der Waals surface area contributed by atoms with Crippen molar-refractivity contribution in [3.63, 3.8) is 0 Å². The van der Waals surface area contributed by atoms with Crippen LogP contribution < -0.4 is 10.9 Å². The first-order chi connectivity index (χ1) is 12.2. The molecule has 0 atom stereocenters. The van der Waals surface area contributed by atoms with Gasteiger partial charge in [-0.15, -0.1) is 0 Å². The Bertz CT molecular complexity index is 1000. The molecule has 0 aliphatic carbocycles. The Labute approximate surface area is 151 Å². The van der Waals surface area contributed by atoms with Crippen LogP contribution >= 0.6 is 0 Å². The van der Waals surface area contributed by atoms with Crippen LogP contribution in [0.1, 0.15) is 33.4 Å². The SMILES string of the molecule is CC(C)Nc1nc(-c2ccc(C(C)(C)O)nc2)cc2ncn(C)c(=O)c12. The molecule has 0 spiro atoms. The van der Waals surface area contributed by atoms with E-state index < -0.39 is 5.60 Å². The number of hydrogen-bond donors (Lipinski definition) is 2. The van der Waals surface area contributed by atoms with Crippen LogP contribution in [0.3, 0.4) is 0 Å². The number of rotatable bonds is 4. The number of pyridine rings is 2. The van der Waals surface area contributed by atoms with Crippen LogP contribution in [-0.2, 0) is 12.6 Å². The lowest BCUT2D eigenvalue weighted by Crippen LogP contribution is -2.21. The lowest BCUT2D eigenvalue weighted by atomic mass is 10.0. The maximum absolute atomic E-state index is 12.5. The van der Waals surface area contributed by atoms with Gasteiger partial charge in [-0.1, -0.05) is 0 Å². The predicted octanol–water partition coefficient (Wildman–Crippen LogP) is 2.44. The van der Waals surface area contributed by atoms with E-state index in [4.69, 9.17) is 0 Å². The van der Waals surface area contributed by atoms with Gasteiger partial charge in [0.1, 0.15) is 16.8 Å². The Balaban J connectivity index is 2.18. The first kappa shape index (κ1) is 18.0. The van der Waals surface area contributed by atoms with E-state index >= 15 is 0 Å². The van der Waals surface area contributed by atoms with Crippen molar-refractivity contribution in [2.75, 3.05) is 5.32 Å². The summed E-state index contributed by atoms with van der Waals surface area (Å²) < 4.78 is 1.44. The second-order valence-electron chi connectivity index (χ2n) is 7.20. The number of aliphatic hydroxyl groups is 1.